The highest BCUT2D eigenvalue weighted by Crippen LogP contribution is 1.90. The third kappa shape index (κ3) is 2.26. The second-order valence-corrected chi connectivity index (χ2v) is 2.59. The molecule has 0 aromatic carbocycles. The van der Waals surface area contributed by atoms with Crippen LogP contribution in [0.1, 0.15) is 0 Å². The standard InChI is InChI=1S/C7H12N4O/c1-10(2)7(12)9-11-5-3-8-4-6-11/h3-5H,6H2,1-2H3,(H,9,12). The Morgan fingerprint density at radius 1 is 1.67 bits per heavy atom. The Labute approximate surface area is 71.3 Å². The van der Waals surface area contributed by atoms with Crippen molar-refractivity contribution in [2.45, 2.75) is 0 Å². The van der Waals surface area contributed by atoms with Gasteiger partial charge in [-0.25, -0.2) is 10.2 Å². The normalized spacial score (nSPS) is 14.7. The maximum atomic E-state index is 11.1. The molecule has 1 aliphatic rings. The van der Waals surface area contributed by atoms with E-state index in [0.29, 0.717) is 6.54 Å². The van der Waals surface area contributed by atoms with Crippen LogP contribution in [0.4, 0.5) is 4.79 Å². The molecule has 0 fully saturated rings. The number of hydrogen-bond donors (Lipinski definition) is 1. The number of carbonyl (C=O) groups is 1. The Morgan fingerprint density at radius 3 is 2.92 bits per heavy atom. The van der Waals surface area contributed by atoms with Crippen molar-refractivity contribution in [1.82, 2.24) is 15.3 Å². The lowest BCUT2D eigenvalue weighted by molar-refractivity contribution is 0.191. The molecule has 0 saturated heterocycles. The van der Waals surface area contributed by atoms with Gasteiger partial charge in [-0.1, -0.05) is 0 Å². The zero-order valence-electron chi connectivity index (χ0n) is 7.19. The van der Waals surface area contributed by atoms with Gasteiger partial charge in [0.1, 0.15) is 0 Å². The van der Waals surface area contributed by atoms with E-state index < -0.39 is 0 Å². The van der Waals surface area contributed by atoms with Gasteiger partial charge in [0.05, 0.1) is 6.54 Å². The minimum absolute atomic E-state index is 0.144. The Kier molecular flexibility index (Phi) is 2.68. The molecule has 12 heavy (non-hydrogen) atoms. The molecule has 0 aromatic heterocycles. The first kappa shape index (κ1) is 8.58. The fourth-order valence-electron chi connectivity index (χ4n) is 0.682. The molecule has 1 N–H and O–H groups in total. The quantitative estimate of drug-likeness (QED) is 0.600. The van der Waals surface area contributed by atoms with E-state index in [1.807, 2.05) is 0 Å². The van der Waals surface area contributed by atoms with E-state index in [-0.39, 0.29) is 6.03 Å². The predicted octanol–water partition coefficient (Wildman–Crippen LogP) is 0.0302. The number of aliphatic imine (C=N–C) groups is 1. The van der Waals surface area contributed by atoms with Crippen LogP contribution in [0.25, 0.3) is 0 Å². The number of hydrogen-bond acceptors (Lipinski definition) is 3. The summed E-state index contributed by atoms with van der Waals surface area (Å²) >= 11 is 0. The monoisotopic (exact) mass is 168 g/mol. The summed E-state index contributed by atoms with van der Waals surface area (Å²) in [5.41, 5.74) is 2.66. The number of carbonyl (C=O) groups excluding carboxylic acids is 1. The fourth-order valence-corrected chi connectivity index (χ4v) is 0.682. The molecule has 66 valence electrons. The molecular formula is C7H12N4O. The van der Waals surface area contributed by atoms with E-state index in [1.165, 1.54) is 4.90 Å². The number of amides is 2. The van der Waals surface area contributed by atoms with Crippen LogP contribution in [-0.4, -0.2) is 42.8 Å². The van der Waals surface area contributed by atoms with Crippen molar-refractivity contribution < 1.29 is 4.79 Å². The first-order chi connectivity index (χ1) is 5.70. The molecule has 0 spiro atoms. The zero-order valence-corrected chi connectivity index (χ0v) is 7.19. The molecule has 0 atom stereocenters. The molecular weight excluding hydrogens is 156 g/mol. The lowest BCUT2D eigenvalue weighted by atomic mass is 10.6. The van der Waals surface area contributed by atoms with Crippen molar-refractivity contribution in [1.29, 1.82) is 0 Å². The van der Waals surface area contributed by atoms with Gasteiger partial charge in [0.25, 0.3) is 0 Å². The van der Waals surface area contributed by atoms with Crippen LogP contribution in [0.5, 0.6) is 0 Å². The lowest BCUT2D eigenvalue weighted by Gasteiger charge is -2.22. The van der Waals surface area contributed by atoms with Crippen LogP contribution in [0.3, 0.4) is 0 Å². The summed E-state index contributed by atoms with van der Waals surface area (Å²) < 4.78 is 0. The maximum absolute atomic E-state index is 11.1. The van der Waals surface area contributed by atoms with Crippen molar-refractivity contribution in [3.63, 3.8) is 0 Å². The van der Waals surface area contributed by atoms with Crippen LogP contribution in [0, 0.1) is 0 Å². The van der Waals surface area contributed by atoms with E-state index in [0.717, 1.165) is 0 Å². The lowest BCUT2D eigenvalue weighted by Crippen LogP contribution is -2.45. The molecule has 5 heteroatoms. The highest BCUT2D eigenvalue weighted by molar-refractivity contribution is 5.73. The van der Waals surface area contributed by atoms with Gasteiger partial charge in [-0.3, -0.25) is 10.0 Å². The summed E-state index contributed by atoms with van der Waals surface area (Å²) in [6.45, 7) is 0.607. The van der Waals surface area contributed by atoms with Crippen LogP contribution in [0.15, 0.2) is 17.4 Å². The number of rotatable bonds is 1. The number of urea groups is 1. The molecule has 0 unspecified atom stereocenters. The molecule has 1 heterocycles. The second-order valence-electron chi connectivity index (χ2n) is 2.59. The summed E-state index contributed by atoms with van der Waals surface area (Å²) in [6, 6.07) is -0.144. The van der Waals surface area contributed by atoms with Crippen molar-refractivity contribution in [2.24, 2.45) is 4.99 Å². The van der Waals surface area contributed by atoms with Gasteiger partial charge in [-0.15, -0.1) is 0 Å². The van der Waals surface area contributed by atoms with Crippen molar-refractivity contribution in [3.8, 4) is 0 Å². The summed E-state index contributed by atoms with van der Waals surface area (Å²) in [5.74, 6) is 0. The molecule has 0 saturated carbocycles. The highest BCUT2D eigenvalue weighted by atomic mass is 16.2. The smallest absolute Gasteiger partial charge is 0.330 e. The maximum Gasteiger partial charge on any atom is 0.335 e. The van der Waals surface area contributed by atoms with E-state index >= 15 is 0 Å². The van der Waals surface area contributed by atoms with E-state index in [2.05, 4.69) is 10.4 Å². The van der Waals surface area contributed by atoms with Crippen molar-refractivity contribution in [2.75, 3.05) is 20.6 Å². The molecule has 2 amide bonds. The average molecular weight is 168 g/mol. The van der Waals surface area contributed by atoms with Crippen LogP contribution < -0.4 is 5.43 Å². The molecule has 0 aromatic rings. The molecule has 5 nitrogen and oxygen atoms in total. The first-order valence-electron chi connectivity index (χ1n) is 3.63. The largest absolute Gasteiger partial charge is 0.335 e. The Balaban J connectivity index is 2.37. The van der Waals surface area contributed by atoms with Crippen LogP contribution >= 0.6 is 0 Å². The minimum Gasteiger partial charge on any atom is -0.330 e. The molecule has 1 rings (SSSR count). The third-order valence-corrected chi connectivity index (χ3v) is 1.36. The predicted molar refractivity (Wildman–Crippen MR) is 46.6 cm³/mol. The van der Waals surface area contributed by atoms with Gasteiger partial charge in [0.2, 0.25) is 0 Å². The number of nitrogens with one attached hydrogen (secondary N) is 1. The van der Waals surface area contributed by atoms with Crippen LogP contribution in [0.2, 0.25) is 0 Å². The number of nitrogens with zero attached hydrogens (tertiary/aromatic N) is 3. The van der Waals surface area contributed by atoms with E-state index in [9.17, 15) is 4.79 Å². The summed E-state index contributed by atoms with van der Waals surface area (Å²) in [6.07, 6.45) is 5.05. The Hall–Kier alpha value is -1.52. The van der Waals surface area contributed by atoms with Gasteiger partial charge in [-0.05, 0) is 0 Å². The van der Waals surface area contributed by atoms with Crippen molar-refractivity contribution in [3.05, 3.63) is 12.4 Å². The van der Waals surface area contributed by atoms with Gasteiger partial charge in [-0.2, -0.15) is 0 Å². The average Bonchev–Trinajstić information content (AvgIpc) is 2.06. The summed E-state index contributed by atoms with van der Waals surface area (Å²) in [7, 11) is 3.38. The molecule has 0 radical (unpaired) electrons. The topological polar surface area (TPSA) is 47.9 Å². The Bertz CT molecular complexity index is 221. The highest BCUT2D eigenvalue weighted by Gasteiger charge is 2.06. The van der Waals surface area contributed by atoms with Gasteiger partial charge in [0.15, 0.2) is 0 Å². The summed E-state index contributed by atoms with van der Waals surface area (Å²) in [4.78, 5) is 16.4. The summed E-state index contributed by atoms with van der Waals surface area (Å²) in [5, 5.41) is 1.66. The first-order valence-corrected chi connectivity index (χ1v) is 3.63. The van der Waals surface area contributed by atoms with Gasteiger partial charge >= 0.3 is 6.03 Å². The van der Waals surface area contributed by atoms with Gasteiger partial charge < -0.3 is 4.90 Å². The zero-order chi connectivity index (χ0) is 8.97. The van der Waals surface area contributed by atoms with E-state index in [4.69, 9.17) is 0 Å². The van der Waals surface area contributed by atoms with Gasteiger partial charge in [0, 0.05) is 32.7 Å². The van der Waals surface area contributed by atoms with Crippen LogP contribution in [-0.2, 0) is 0 Å². The SMILES string of the molecule is CN(C)C(=O)NN1C=CN=CC1. The third-order valence-electron chi connectivity index (χ3n) is 1.36. The molecule has 0 bridgehead atoms. The molecule has 1 aliphatic heterocycles. The fraction of sp³-hybridized carbons (Fsp3) is 0.429. The van der Waals surface area contributed by atoms with Crippen molar-refractivity contribution >= 4 is 12.2 Å². The number of hydrazine groups is 1. The second kappa shape index (κ2) is 3.75. The molecule has 0 aliphatic carbocycles. The minimum atomic E-state index is -0.144. The Morgan fingerprint density at radius 2 is 2.42 bits per heavy atom. The van der Waals surface area contributed by atoms with E-state index in [1.54, 1.807) is 37.7 Å².